The van der Waals surface area contributed by atoms with E-state index in [0.29, 0.717) is 12.2 Å². The molecule has 1 N–H and O–H groups in total. The van der Waals surface area contributed by atoms with E-state index < -0.39 is 5.97 Å². The molecular formula is C12H11NO3S. The molecule has 1 heterocycles. The largest absolute Gasteiger partial charge is 0.497 e. The topological polar surface area (TPSA) is 59.4 Å². The predicted octanol–water partition coefficient (Wildman–Crippen LogP) is 2.44. The quantitative estimate of drug-likeness (QED) is 0.904. The van der Waals surface area contributed by atoms with Gasteiger partial charge in [-0.2, -0.15) is 0 Å². The van der Waals surface area contributed by atoms with Crippen molar-refractivity contribution < 1.29 is 14.6 Å². The van der Waals surface area contributed by atoms with Gasteiger partial charge in [0, 0.05) is 18.0 Å². The summed E-state index contributed by atoms with van der Waals surface area (Å²) in [5, 5.41) is 11.9. The highest BCUT2D eigenvalue weighted by atomic mass is 32.1. The number of benzene rings is 1. The van der Waals surface area contributed by atoms with Gasteiger partial charge in [0.05, 0.1) is 17.7 Å². The standard InChI is InChI=1S/C12H11NO3S/c1-16-9-3-2-8(10(7-9)12(14)15)6-11-13-4-5-17-11/h2-5,7H,6H2,1H3,(H,14,15). The molecule has 0 fully saturated rings. The third-order valence-electron chi connectivity index (χ3n) is 2.37. The van der Waals surface area contributed by atoms with E-state index in [2.05, 4.69) is 4.98 Å². The van der Waals surface area contributed by atoms with E-state index in [9.17, 15) is 4.79 Å². The van der Waals surface area contributed by atoms with Crippen LogP contribution in [0, 0.1) is 0 Å². The zero-order chi connectivity index (χ0) is 12.3. The van der Waals surface area contributed by atoms with Crippen LogP contribution in [0.4, 0.5) is 0 Å². The van der Waals surface area contributed by atoms with Crippen molar-refractivity contribution in [2.45, 2.75) is 6.42 Å². The number of hydrogen-bond acceptors (Lipinski definition) is 4. The van der Waals surface area contributed by atoms with Gasteiger partial charge >= 0.3 is 5.97 Å². The van der Waals surface area contributed by atoms with Crippen molar-refractivity contribution in [2.24, 2.45) is 0 Å². The van der Waals surface area contributed by atoms with Gasteiger partial charge in [-0.25, -0.2) is 9.78 Å². The lowest BCUT2D eigenvalue weighted by Gasteiger charge is -2.06. The number of carbonyl (C=O) groups is 1. The number of carboxylic acids is 1. The first kappa shape index (κ1) is 11.6. The molecule has 2 rings (SSSR count). The molecule has 0 saturated carbocycles. The fourth-order valence-electron chi connectivity index (χ4n) is 1.54. The molecule has 0 unspecified atom stereocenters. The van der Waals surface area contributed by atoms with Crippen LogP contribution in [-0.4, -0.2) is 23.2 Å². The molecule has 1 aromatic carbocycles. The van der Waals surface area contributed by atoms with Crippen LogP contribution in [-0.2, 0) is 6.42 Å². The number of rotatable bonds is 4. The summed E-state index contributed by atoms with van der Waals surface area (Å²) in [7, 11) is 1.52. The summed E-state index contributed by atoms with van der Waals surface area (Å²) < 4.78 is 5.02. The third-order valence-corrected chi connectivity index (χ3v) is 3.15. The van der Waals surface area contributed by atoms with Crippen LogP contribution >= 0.6 is 11.3 Å². The molecule has 0 radical (unpaired) electrons. The number of aromatic nitrogens is 1. The highest BCUT2D eigenvalue weighted by molar-refractivity contribution is 7.09. The van der Waals surface area contributed by atoms with Crippen LogP contribution in [0.2, 0.25) is 0 Å². The van der Waals surface area contributed by atoms with Gasteiger partial charge in [-0.3, -0.25) is 0 Å². The Morgan fingerprint density at radius 2 is 2.35 bits per heavy atom. The minimum Gasteiger partial charge on any atom is -0.497 e. The first-order valence-electron chi connectivity index (χ1n) is 4.99. The Hall–Kier alpha value is -1.88. The maximum absolute atomic E-state index is 11.1. The van der Waals surface area contributed by atoms with Gasteiger partial charge in [-0.1, -0.05) is 6.07 Å². The summed E-state index contributed by atoms with van der Waals surface area (Å²) in [6.45, 7) is 0. The molecule has 0 spiro atoms. The molecule has 5 heteroatoms. The van der Waals surface area contributed by atoms with Crippen molar-refractivity contribution in [3.05, 3.63) is 45.9 Å². The number of aromatic carboxylic acids is 1. The number of thiazole rings is 1. The summed E-state index contributed by atoms with van der Waals surface area (Å²) in [6, 6.07) is 5.06. The van der Waals surface area contributed by atoms with Gasteiger partial charge in [0.1, 0.15) is 5.75 Å². The Kier molecular flexibility index (Phi) is 3.39. The second kappa shape index (κ2) is 4.97. The molecule has 0 aliphatic carbocycles. The molecular weight excluding hydrogens is 238 g/mol. The van der Waals surface area contributed by atoms with E-state index in [1.807, 2.05) is 5.38 Å². The maximum atomic E-state index is 11.1. The highest BCUT2D eigenvalue weighted by Gasteiger charge is 2.12. The van der Waals surface area contributed by atoms with E-state index in [-0.39, 0.29) is 5.56 Å². The van der Waals surface area contributed by atoms with Crippen molar-refractivity contribution in [2.75, 3.05) is 7.11 Å². The van der Waals surface area contributed by atoms with Gasteiger partial charge in [-0.15, -0.1) is 11.3 Å². The number of hydrogen-bond donors (Lipinski definition) is 1. The van der Waals surface area contributed by atoms with Gasteiger partial charge < -0.3 is 9.84 Å². The number of nitrogens with zero attached hydrogens (tertiary/aromatic N) is 1. The summed E-state index contributed by atoms with van der Waals surface area (Å²) in [6.07, 6.45) is 2.24. The minimum atomic E-state index is -0.949. The first-order chi connectivity index (χ1) is 8.20. The van der Waals surface area contributed by atoms with Crippen molar-refractivity contribution in [3.8, 4) is 5.75 Å². The molecule has 0 saturated heterocycles. The van der Waals surface area contributed by atoms with Gasteiger partial charge in [0.15, 0.2) is 0 Å². The second-order valence-electron chi connectivity index (χ2n) is 3.43. The van der Waals surface area contributed by atoms with Gasteiger partial charge in [0.25, 0.3) is 0 Å². The average Bonchev–Trinajstić information content (AvgIpc) is 2.82. The summed E-state index contributed by atoms with van der Waals surface area (Å²) in [5.41, 5.74) is 1.01. The second-order valence-corrected chi connectivity index (χ2v) is 4.41. The highest BCUT2D eigenvalue weighted by Crippen LogP contribution is 2.21. The van der Waals surface area contributed by atoms with Crippen LogP contribution in [0.25, 0.3) is 0 Å². The summed E-state index contributed by atoms with van der Waals surface area (Å²) >= 11 is 1.51. The lowest BCUT2D eigenvalue weighted by Crippen LogP contribution is -2.03. The number of methoxy groups -OCH3 is 1. The minimum absolute atomic E-state index is 0.263. The Morgan fingerprint density at radius 3 is 2.94 bits per heavy atom. The van der Waals surface area contributed by atoms with E-state index in [4.69, 9.17) is 9.84 Å². The zero-order valence-electron chi connectivity index (χ0n) is 9.21. The fourth-order valence-corrected chi connectivity index (χ4v) is 2.18. The number of carboxylic acid groups (broad SMARTS) is 1. The molecule has 0 amide bonds. The Balaban J connectivity index is 2.36. The third kappa shape index (κ3) is 2.62. The van der Waals surface area contributed by atoms with Crippen LogP contribution in [0.15, 0.2) is 29.8 Å². The van der Waals surface area contributed by atoms with Crippen LogP contribution in [0.1, 0.15) is 20.9 Å². The molecule has 4 nitrogen and oxygen atoms in total. The van der Waals surface area contributed by atoms with E-state index >= 15 is 0 Å². The lowest BCUT2D eigenvalue weighted by atomic mass is 10.0. The van der Waals surface area contributed by atoms with Crippen molar-refractivity contribution >= 4 is 17.3 Å². The van der Waals surface area contributed by atoms with E-state index in [1.165, 1.54) is 24.5 Å². The van der Waals surface area contributed by atoms with Crippen molar-refractivity contribution in [1.82, 2.24) is 4.98 Å². The summed E-state index contributed by atoms with van der Waals surface area (Å²) in [5.74, 6) is -0.402. The lowest BCUT2D eigenvalue weighted by molar-refractivity contribution is 0.0695. The maximum Gasteiger partial charge on any atom is 0.336 e. The SMILES string of the molecule is COc1ccc(Cc2nccs2)c(C(=O)O)c1. The van der Waals surface area contributed by atoms with E-state index in [1.54, 1.807) is 18.3 Å². The van der Waals surface area contributed by atoms with Crippen LogP contribution in [0.3, 0.4) is 0 Å². The fraction of sp³-hybridized carbons (Fsp3) is 0.167. The number of ether oxygens (including phenoxy) is 1. The summed E-state index contributed by atoms with van der Waals surface area (Å²) in [4.78, 5) is 15.3. The molecule has 0 atom stereocenters. The molecule has 1 aromatic heterocycles. The van der Waals surface area contributed by atoms with Crippen molar-refractivity contribution in [1.29, 1.82) is 0 Å². The Morgan fingerprint density at radius 1 is 1.53 bits per heavy atom. The monoisotopic (exact) mass is 249 g/mol. The van der Waals surface area contributed by atoms with Crippen molar-refractivity contribution in [3.63, 3.8) is 0 Å². The molecule has 17 heavy (non-hydrogen) atoms. The predicted molar refractivity (Wildman–Crippen MR) is 64.9 cm³/mol. The normalized spacial score (nSPS) is 10.2. The average molecular weight is 249 g/mol. The molecule has 0 aliphatic rings. The molecule has 0 aliphatic heterocycles. The van der Waals surface area contributed by atoms with Gasteiger partial charge in [-0.05, 0) is 17.7 Å². The van der Waals surface area contributed by atoms with Crippen LogP contribution in [0.5, 0.6) is 5.75 Å². The first-order valence-corrected chi connectivity index (χ1v) is 5.87. The van der Waals surface area contributed by atoms with Gasteiger partial charge in [0.2, 0.25) is 0 Å². The van der Waals surface area contributed by atoms with E-state index in [0.717, 1.165) is 10.6 Å². The molecule has 0 bridgehead atoms. The van der Waals surface area contributed by atoms with Crippen LogP contribution < -0.4 is 4.74 Å². The Labute approximate surface area is 103 Å². The molecule has 88 valence electrons. The zero-order valence-corrected chi connectivity index (χ0v) is 10.0. The molecule has 2 aromatic rings. The Bertz CT molecular complexity index is 523. The smallest absolute Gasteiger partial charge is 0.336 e.